The second-order valence-corrected chi connectivity index (χ2v) is 6.28. The van der Waals surface area contributed by atoms with Crippen LogP contribution in [0.25, 0.3) is 0 Å². The fourth-order valence-corrected chi connectivity index (χ4v) is 2.85. The Bertz CT molecular complexity index is 696. The highest BCUT2D eigenvalue weighted by Gasteiger charge is 2.18. The predicted molar refractivity (Wildman–Crippen MR) is 89.8 cm³/mol. The molecule has 0 unspecified atom stereocenters. The quantitative estimate of drug-likeness (QED) is 0.792. The Morgan fingerprint density at radius 2 is 2.22 bits per heavy atom. The number of rotatable bonds is 6. The standard InChI is InChI=1S/C16H18N4O2S/c1-11-4-6-12(7-5-11)22-10-8-14-19-20-16(23-14)18-15(21)13-3-2-9-17-13/h2-7,13,17H,8-10H2,1H3,(H,18,20,21)/t13-/m0/s1. The maximum Gasteiger partial charge on any atom is 0.247 e. The van der Waals surface area contributed by atoms with Crippen molar-refractivity contribution in [1.29, 1.82) is 0 Å². The Kier molecular flexibility index (Phi) is 4.99. The van der Waals surface area contributed by atoms with E-state index in [9.17, 15) is 4.79 Å². The third kappa shape index (κ3) is 4.37. The van der Waals surface area contributed by atoms with Gasteiger partial charge in [-0.3, -0.25) is 15.4 Å². The normalized spacial score (nSPS) is 16.5. The number of carbonyl (C=O) groups excluding carboxylic acids is 1. The van der Waals surface area contributed by atoms with E-state index in [1.807, 2.05) is 43.3 Å². The first kappa shape index (κ1) is 15.6. The summed E-state index contributed by atoms with van der Waals surface area (Å²) < 4.78 is 5.67. The summed E-state index contributed by atoms with van der Waals surface area (Å²) >= 11 is 1.37. The van der Waals surface area contributed by atoms with Crippen molar-refractivity contribution in [2.24, 2.45) is 0 Å². The van der Waals surface area contributed by atoms with Crippen molar-refractivity contribution in [3.05, 3.63) is 47.0 Å². The highest BCUT2D eigenvalue weighted by Crippen LogP contribution is 2.17. The number of amides is 1. The summed E-state index contributed by atoms with van der Waals surface area (Å²) in [5.74, 6) is 0.727. The van der Waals surface area contributed by atoms with Gasteiger partial charge in [0.25, 0.3) is 0 Å². The van der Waals surface area contributed by atoms with Crippen LogP contribution < -0.4 is 15.4 Å². The van der Waals surface area contributed by atoms with E-state index in [2.05, 4.69) is 20.8 Å². The Hall–Kier alpha value is -2.25. The van der Waals surface area contributed by atoms with E-state index in [1.165, 1.54) is 16.9 Å². The Balaban J connectivity index is 1.46. The van der Waals surface area contributed by atoms with Gasteiger partial charge in [0.2, 0.25) is 11.0 Å². The average Bonchev–Trinajstić information content (AvgIpc) is 3.21. The van der Waals surface area contributed by atoms with Gasteiger partial charge < -0.3 is 4.74 Å². The van der Waals surface area contributed by atoms with Crippen LogP contribution in [0.4, 0.5) is 5.13 Å². The van der Waals surface area contributed by atoms with Crippen LogP contribution in [0.5, 0.6) is 5.75 Å². The fourth-order valence-electron chi connectivity index (χ4n) is 2.13. The van der Waals surface area contributed by atoms with Gasteiger partial charge in [0.05, 0.1) is 6.61 Å². The summed E-state index contributed by atoms with van der Waals surface area (Å²) in [5.41, 5.74) is 1.20. The zero-order valence-electron chi connectivity index (χ0n) is 12.8. The molecule has 6 nitrogen and oxygen atoms in total. The molecule has 7 heteroatoms. The molecule has 1 aliphatic rings. The van der Waals surface area contributed by atoms with Gasteiger partial charge >= 0.3 is 0 Å². The molecule has 1 aliphatic heterocycles. The van der Waals surface area contributed by atoms with Crippen molar-refractivity contribution in [1.82, 2.24) is 15.5 Å². The first-order valence-corrected chi connectivity index (χ1v) is 8.25. The second-order valence-electron chi connectivity index (χ2n) is 5.22. The minimum absolute atomic E-state index is 0.114. The van der Waals surface area contributed by atoms with Crippen LogP contribution in [0.15, 0.2) is 36.4 Å². The smallest absolute Gasteiger partial charge is 0.247 e. The number of aryl methyl sites for hydroxylation is 1. The number of ether oxygens (including phenoxy) is 1. The van der Waals surface area contributed by atoms with E-state index in [0.29, 0.717) is 18.2 Å². The van der Waals surface area contributed by atoms with Crippen LogP contribution in [0.2, 0.25) is 0 Å². The molecule has 2 aromatic rings. The molecule has 0 spiro atoms. The molecule has 1 amide bonds. The molecule has 2 heterocycles. The molecular formula is C16H18N4O2S. The predicted octanol–water partition coefficient (Wildman–Crippen LogP) is 1.93. The zero-order valence-corrected chi connectivity index (χ0v) is 13.6. The molecule has 1 aromatic heterocycles. The van der Waals surface area contributed by atoms with Crippen molar-refractivity contribution < 1.29 is 9.53 Å². The summed E-state index contributed by atoms with van der Waals surface area (Å²) in [5, 5.41) is 15.2. The van der Waals surface area contributed by atoms with E-state index >= 15 is 0 Å². The van der Waals surface area contributed by atoms with Crippen molar-refractivity contribution in [3.63, 3.8) is 0 Å². The van der Waals surface area contributed by atoms with E-state index in [-0.39, 0.29) is 11.9 Å². The maximum absolute atomic E-state index is 11.9. The van der Waals surface area contributed by atoms with Gasteiger partial charge in [0.15, 0.2) is 0 Å². The molecule has 2 N–H and O–H groups in total. The number of nitrogens with zero attached hydrogens (tertiary/aromatic N) is 2. The van der Waals surface area contributed by atoms with Crippen LogP contribution >= 0.6 is 11.3 Å². The molecule has 1 aromatic carbocycles. The number of aromatic nitrogens is 2. The largest absolute Gasteiger partial charge is 0.493 e. The van der Waals surface area contributed by atoms with Crippen molar-refractivity contribution in [2.45, 2.75) is 19.4 Å². The number of nitrogens with one attached hydrogen (secondary N) is 2. The third-order valence-electron chi connectivity index (χ3n) is 3.37. The SMILES string of the molecule is Cc1ccc(OCCc2nnc(NC(=O)[C@@H]3C=CCN3)s2)cc1. The van der Waals surface area contributed by atoms with Gasteiger partial charge in [-0.05, 0) is 19.1 Å². The van der Waals surface area contributed by atoms with E-state index in [4.69, 9.17) is 4.74 Å². The first-order chi connectivity index (χ1) is 11.2. The van der Waals surface area contributed by atoms with Gasteiger partial charge in [0.1, 0.15) is 16.8 Å². The second kappa shape index (κ2) is 7.34. The minimum Gasteiger partial charge on any atom is -0.493 e. The van der Waals surface area contributed by atoms with E-state index in [0.717, 1.165) is 17.3 Å². The molecular weight excluding hydrogens is 312 g/mol. The van der Waals surface area contributed by atoms with E-state index < -0.39 is 0 Å². The van der Waals surface area contributed by atoms with Gasteiger partial charge in [-0.15, -0.1) is 10.2 Å². The molecule has 3 rings (SSSR count). The summed E-state index contributed by atoms with van der Waals surface area (Å²) in [7, 11) is 0. The van der Waals surface area contributed by atoms with Crippen LogP contribution in [0.3, 0.4) is 0 Å². The first-order valence-electron chi connectivity index (χ1n) is 7.43. The maximum atomic E-state index is 11.9. The Labute approximate surface area is 138 Å². The monoisotopic (exact) mass is 330 g/mol. The summed E-state index contributed by atoms with van der Waals surface area (Å²) in [6, 6.07) is 7.64. The number of hydrogen-bond donors (Lipinski definition) is 2. The lowest BCUT2D eigenvalue weighted by Crippen LogP contribution is -2.35. The molecule has 1 atom stereocenters. The lowest BCUT2D eigenvalue weighted by Gasteiger charge is -2.07. The number of hydrogen-bond acceptors (Lipinski definition) is 6. The zero-order chi connectivity index (χ0) is 16.1. The van der Waals surface area contributed by atoms with Gasteiger partial charge in [-0.2, -0.15) is 0 Å². The molecule has 0 bridgehead atoms. The van der Waals surface area contributed by atoms with Crippen molar-refractivity contribution >= 4 is 22.4 Å². The highest BCUT2D eigenvalue weighted by atomic mass is 32.1. The topological polar surface area (TPSA) is 76.1 Å². The van der Waals surface area contributed by atoms with Crippen LogP contribution in [-0.4, -0.2) is 35.3 Å². The lowest BCUT2D eigenvalue weighted by molar-refractivity contribution is -0.116. The molecule has 0 fully saturated rings. The highest BCUT2D eigenvalue weighted by molar-refractivity contribution is 7.15. The number of benzene rings is 1. The molecule has 23 heavy (non-hydrogen) atoms. The minimum atomic E-state index is -0.285. The van der Waals surface area contributed by atoms with E-state index in [1.54, 1.807) is 0 Å². The van der Waals surface area contributed by atoms with Crippen LogP contribution in [0.1, 0.15) is 10.6 Å². The molecule has 0 radical (unpaired) electrons. The van der Waals surface area contributed by atoms with Gasteiger partial charge in [-0.1, -0.05) is 41.2 Å². The van der Waals surface area contributed by atoms with Crippen molar-refractivity contribution in [2.75, 3.05) is 18.5 Å². The third-order valence-corrected chi connectivity index (χ3v) is 4.27. The average molecular weight is 330 g/mol. The summed E-state index contributed by atoms with van der Waals surface area (Å²) in [4.78, 5) is 11.9. The van der Waals surface area contributed by atoms with Crippen LogP contribution in [-0.2, 0) is 11.2 Å². The molecule has 0 saturated heterocycles. The van der Waals surface area contributed by atoms with Gasteiger partial charge in [0, 0.05) is 13.0 Å². The number of anilines is 1. The summed E-state index contributed by atoms with van der Waals surface area (Å²) in [6.07, 6.45) is 4.42. The fraction of sp³-hybridized carbons (Fsp3) is 0.312. The molecule has 120 valence electrons. The Morgan fingerprint density at radius 1 is 1.39 bits per heavy atom. The lowest BCUT2D eigenvalue weighted by atomic mass is 10.2. The Morgan fingerprint density at radius 3 is 2.96 bits per heavy atom. The van der Waals surface area contributed by atoms with Crippen molar-refractivity contribution in [3.8, 4) is 5.75 Å². The number of carbonyl (C=O) groups is 1. The molecule has 0 aliphatic carbocycles. The summed E-state index contributed by atoms with van der Waals surface area (Å²) in [6.45, 7) is 3.28. The van der Waals surface area contributed by atoms with Crippen LogP contribution in [0, 0.1) is 6.92 Å². The molecule has 0 saturated carbocycles. The van der Waals surface area contributed by atoms with Gasteiger partial charge in [-0.25, -0.2) is 0 Å².